The fourth-order valence-corrected chi connectivity index (χ4v) is 3.66. The summed E-state index contributed by atoms with van der Waals surface area (Å²) < 4.78 is 37.5. The Balaban J connectivity index is 1.67. The third-order valence-electron chi connectivity index (χ3n) is 4.61. The molecule has 7 heteroatoms. The van der Waals surface area contributed by atoms with Crippen molar-refractivity contribution in [1.82, 2.24) is 9.88 Å². The van der Waals surface area contributed by atoms with Gasteiger partial charge < -0.3 is 14.4 Å². The van der Waals surface area contributed by atoms with Crippen molar-refractivity contribution in [2.45, 2.75) is 76.7 Å². The van der Waals surface area contributed by atoms with Crippen LogP contribution in [0.5, 0.6) is 5.88 Å². The molecule has 0 saturated carbocycles. The van der Waals surface area contributed by atoms with E-state index < -0.39 is 12.0 Å². The lowest BCUT2D eigenvalue weighted by Crippen LogP contribution is -2.50. The number of fused-ring (bicyclic) bond motifs is 2. The lowest BCUT2D eigenvalue weighted by Gasteiger charge is -2.39. The fourth-order valence-electron chi connectivity index (χ4n) is 3.66. The van der Waals surface area contributed by atoms with Crippen molar-refractivity contribution in [3.05, 3.63) is 23.9 Å². The van der Waals surface area contributed by atoms with Gasteiger partial charge in [-0.2, -0.15) is 0 Å². The molecule has 5 nitrogen and oxygen atoms in total. The van der Waals surface area contributed by atoms with E-state index in [4.69, 9.17) is 9.47 Å². The Hall–Kier alpha value is -1.92. The molecule has 3 heterocycles. The lowest BCUT2D eigenvalue weighted by atomic mass is 10.00. The molecule has 1 aromatic rings. The maximum absolute atomic E-state index is 13.1. The van der Waals surface area contributed by atoms with Crippen LogP contribution in [0.25, 0.3) is 0 Å². The molecule has 1 unspecified atom stereocenters. The number of rotatable bonds is 3. The summed E-state index contributed by atoms with van der Waals surface area (Å²) in [6, 6.07) is 2.86. The number of amides is 1. The van der Waals surface area contributed by atoms with Gasteiger partial charge in [0.1, 0.15) is 11.7 Å². The molecular formula is C18H24F2N2O3. The SMILES string of the molecule is CC(C)(C)OC(=O)N1[C@@H]2CC[C@H]1CC(Oc1ncccc1C(F)F)C2. The van der Waals surface area contributed by atoms with Gasteiger partial charge in [-0.25, -0.2) is 18.6 Å². The van der Waals surface area contributed by atoms with Gasteiger partial charge in [0.2, 0.25) is 5.88 Å². The number of piperidine rings is 1. The normalized spacial score (nSPS) is 26.0. The summed E-state index contributed by atoms with van der Waals surface area (Å²) in [6.07, 6.45) is 1.28. The highest BCUT2D eigenvalue weighted by Gasteiger charge is 2.45. The lowest BCUT2D eigenvalue weighted by molar-refractivity contribution is -0.00808. The number of pyridine rings is 1. The van der Waals surface area contributed by atoms with Crippen LogP contribution in [-0.4, -0.2) is 39.8 Å². The molecule has 2 bridgehead atoms. The van der Waals surface area contributed by atoms with Crippen molar-refractivity contribution in [3.63, 3.8) is 0 Å². The molecule has 2 aliphatic heterocycles. The molecule has 0 N–H and O–H groups in total. The largest absolute Gasteiger partial charge is 0.474 e. The summed E-state index contributed by atoms with van der Waals surface area (Å²) >= 11 is 0. The van der Waals surface area contributed by atoms with Crippen molar-refractivity contribution in [2.75, 3.05) is 0 Å². The maximum Gasteiger partial charge on any atom is 0.410 e. The van der Waals surface area contributed by atoms with E-state index in [1.807, 2.05) is 20.8 Å². The van der Waals surface area contributed by atoms with Crippen LogP contribution in [0.15, 0.2) is 18.3 Å². The van der Waals surface area contributed by atoms with Crippen LogP contribution >= 0.6 is 0 Å². The summed E-state index contributed by atoms with van der Waals surface area (Å²) in [6.45, 7) is 5.53. The van der Waals surface area contributed by atoms with Gasteiger partial charge in [-0.05, 0) is 45.7 Å². The Kier molecular flexibility index (Phi) is 4.84. The molecular weight excluding hydrogens is 330 g/mol. The number of hydrogen-bond acceptors (Lipinski definition) is 4. The number of halogens is 2. The van der Waals surface area contributed by atoms with Crippen LogP contribution in [0.3, 0.4) is 0 Å². The molecule has 2 aliphatic rings. The van der Waals surface area contributed by atoms with Gasteiger partial charge >= 0.3 is 6.09 Å². The van der Waals surface area contributed by atoms with E-state index in [9.17, 15) is 13.6 Å². The van der Waals surface area contributed by atoms with Crippen LogP contribution in [0.4, 0.5) is 13.6 Å². The summed E-state index contributed by atoms with van der Waals surface area (Å²) in [5.74, 6) is -0.00684. The minimum Gasteiger partial charge on any atom is -0.474 e. The average Bonchev–Trinajstić information content (AvgIpc) is 2.78. The molecule has 0 spiro atoms. The van der Waals surface area contributed by atoms with Gasteiger partial charge in [0, 0.05) is 31.1 Å². The monoisotopic (exact) mass is 354 g/mol. The number of hydrogen-bond donors (Lipinski definition) is 0. The first kappa shape index (κ1) is 17.9. The van der Waals surface area contributed by atoms with Gasteiger partial charge in [0.15, 0.2) is 0 Å². The molecule has 2 fully saturated rings. The molecule has 0 aromatic carbocycles. The van der Waals surface area contributed by atoms with Crippen LogP contribution in [0.2, 0.25) is 0 Å². The van der Waals surface area contributed by atoms with E-state index in [-0.39, 0.29) is 35.7 Å². The topological polar surface area (TPSA) is 51.7 Å². The Morgan fingerprint density at radius 1 is 1.28 bits per heavy atom. The Morgan fingerprint density at radius 3 is 2.48 bits per heavy atom. The van der Waals surface area contributed by atoms with Crippen molar-refractivity contribution >= 4 is 6.09 Å². The molecule has 2 saturated heterocycles. The van der Waals surface area contributed by atoms with E-state index in [1.54, 1.807) is 4.90 Å². The van der Waals surface area contributed by atoms with Crippen molar-refractivity contribution < 1.29 is 23.0 Å². The molecule has 3 atom stereocenters. The van der Waals surface area contributed by atoms with Crippen LogP contribution in [0, 0.1) is 0 Å². The van der Waals surface area contributed by atoms with Crippen LogP contribution < -0.4 is 4.74 Å². The third-order valence-corrected chi connectivity index (χ3v) is 4.61. The molecule has 138 valence electrons. The summed E-state index contributed by atoms with van der Waals surface area (Å²) in [7, 11) is 0. The second-order valence-electron chi connectivity index (χ2n) is 7.68. The minimum absolute atomic E-state index is 0.00684. The summed E-state index contributed by atoms with van der Waals surface area (Å²) in [5, 5.41) is 0. The van der Waals surface area contributed by atoms with Crippen molar-refractivity contribution in [3.8, 4) is 5.88 Å². The maximum atomic E-state index is 13.1. The summed E-state index contributed by atoms with van der Waals surface area (Å²) in [4.78, 5) is 18.2. The van der Waals surface area contributed by atoms with E-state index >= 15 is 0 Å². The van der Waals surface area contributed by atoms with Crippen LogP contribution in [-0.2, 0) is 4.74 Å². The third kappa shape index (κ3) is 4.02. The van der Waals surface area contributed by atoms with Crippen LogP contribution in [0.1, 0.15) is 58.4 Å². The number of nitrogens with zero attached hydrogens (tertiary/aromatic N) is 2. The number of aromatic nitrogens is 1. The second kappa shape index (κ2) is 6.77. The minimum atomic E-state index is -2.62. The Morgan fingerprint density at radius 2 is 1.92 bits per heavy atom. The van der Waals surface area contributed by atoms with Gasteiger partial charge in [0.25, 0.3) is 6.43 Å². The van der Waals surface area contributed by atoms with E-state index in [0.717, 1.165) is 12.8 Å². The zero-order chi connectivity index (χ0) is 18.2. The molecule has 1 amide bonds. The van der Waals surface area contributed by atoms with E-state index in [1.165, 1.54) is 18.3 Å². The first-order valence-corrected chi connectivity index (χ1v) is 8.65. The van der Waals surface area contributed by atoms with Crippen molar-refractivity contribution in [1.29, 1.82) is 0 Å². The molecule has 3 rings (SSSR count). The number of carbonyl (C=O) groups excluding carboxylic acids is 1. The van der Waals surface area contributed by atoms with Gasteiger partial charge in [-0.3, -0.25) is 0 Å². The van der Waals surface area contributed by atoms with E-state index in [2.05, 4.69) is 4.98 Å². The highest BCUT2D eigenvalue weighted by molar-refractivity contribution is 5.69. The smallest absolute Gasteiger partial charge is 0.410 e. The Bertz CT molecular complexity index is 619. The molecule has 25 heavy (non-hydrogen) atoms. The predicted octanol–water partition coefficient (Wildman–Crippen LogP) is 4.33. The standard InChI is InChI=1S/C18H24F2N2O3/c1-18(2,3)25-17(23)22-11-6-7-12(22)10-13(9-11)24-16-14(15(19)20)5-4-8-21-16/h4-5,8,11-13,15H,6-7,9-10H2,1-3H3/t11-,12+,13?. The average molecular weight is 354 g/mol. The number of alkyl halides is 2. The zero-order valence-corrected chi connectivity index (χ0v) is 14.7. The second-order valence-corrected chi connectivity index (χ2v) is 7.68. The van der Waals surface area contributed by atoms with E-state index in [0.29, 0.717) is 12.8 Å². The first-order valence-electron chi connectivity index (χ1n) is 8.65. The first-order chi connectivity index (χ1) is 11.7. The Labute approximate surface area is 146 Å². The predicted molar refractivity (Wildman–Crippen MR) is 87.7 cm³/mol. The molecule has 1 aromatic heterocycles. The number of carbonyl (C=O) groups is 1. The molecule has 0 radical (unpaired) electrons. The quantitative estimate of drug-likeness (QED) is 0.811. The van der Waals surface area contributed by atoms with Gasteiger partial charge in [-0.15, -0.1) is 0 Å². The summed E-state index contributed by atoms with van der Waals surface area (Å²) in [5.41, 5.74) is -0.728. The molecule has 0 aliphatic carbocycles. The highest BCUT2D eigenvalue weighted by Crippen LogP contribution is 2.39. The van der Waals surface area contributed by atoms with Gasteiger partial charge in [0.05, 0.1) is 5.56 Å². The highest BCUT2D eigenvalue weighted by atomic mass is 19.3. The van der Waals surface area contributed by atoms with Gasteiger partial charge in [-0.1, -0.05) is 0 Å². The zero-order valence-electron chi connectivity index (χ0n) is 14.7. The van der Waals surface area contributed by atoms with Crippen molar-refractivity contribution in [2.24, 2.45) is 0 Å². The fraction of sp³-hybridized carbons (Fsp3) is 0.667. The number of ether oxygens (including phenoxy) is 2.